The number of piperidine rings is 1. The van der Waals surface area contributed by atoms with Crippen molar-refractivity contribution in [1.29, 1.82) is 0 Å². The van der Waals surface area contributed by atoms with Crippen LogP contribution in [0.15, 0.2) is 0 Å². The summed E-state index contributed by atoms with van der Waals surface area (Å²) in [5.41, 5.74) is 0.549. The first-order valence-electron chi connectivity index (χ1n) is 5.83. The van der Waals surface area contributed by atoms with E-state index in [1.165, 1.54) is 38.8 Å². The summed E-state index contributed by atoms with van der Waals surface area (Å²) in [6.07, 6.45) is 5.80. The molecule has 0 aromatic carbocycles. The fourth-order valence-corrected chi connectivity index (χ4v) is 2.57. The van der Waals surface area contributed by atoms with Crippen molar-refractivity contribution in [1.82, 2.24) is 4.90 Å². The zero-order chi connectivity index (χ0) is 9.47. The molecule has 1 saturated heterocycles. The molecule has 2 fully saturated rings. The largest absolute Gasteiger partial charge is 0.300 e. The summed E-state index contributed by atoms with van der Waals surface area (Å²) in [5, 5.41) is 0. The van der Waals surface area contributed by atoms with Crippen molar-refractivity contribution in [3.63, 3.8) is 0 Å². The minimum atomic E-state index is 0.549. The molecule has 2 aliphatic rings. The molecule has 0 aromatic heterocycles. The van der Waals surface area contributed by atoms with Gasteiger partial charge in [-0.25, -0.2) is 0 Å². The molecule has 1 heteroatoms. The molecule has 0 radical (unpaired) electrons. The summed E-state index contributed by atoms with van der Waals surface area (Å²) < 4.78 is 0. The van der Waals surface area contributed by atoms with Crippen molar-refractivity contribution in [2.24, 2.45) is 11.3 Å². The lowest BCUT2D eigenvalue weighted by atomic mass is 9.73. The van der Waals surface area contributed by atoms with Crippen LogP contribution in [0.3, 0.4) is 0 Å². The maximum atomic E-state index is 2.74. The van der Waals surface area contributed by atoms with E-state index in [9.17, 15) is 0 Å². The average Bonchev–Trinajstić information content (AvgIpc) is 1.92. The lowest BCUT2D eigenvalue weighted by Crippen LogP contribution is -2.51. The third-order valence-electron chi connectivity index (χ3n) is 4.39. The van der Waals surface area contributed by atoms with Crippen LogP contribution in [0.5, 0.6) is 0 Å². The van der Waals surface area contributed by atoms with Crippen LogP contribution in [-0.2, 0) is 0 Å². The summed E-state index contributed by atoms with van der Waals surface area (Å²) in [4.78, 5) is 2.74. The highest BCUT2D eigenvalue weighted by molar-refractivity contribution is 4.90. The van der Waals surface area contributed by atoms with Gasteiger partial charge >= 0.3 is 0 Å². The molecule has 1 aliphatic heterocycles. The molecule has 2 rings (SSSR count). The topological polar surface area (TPSA) is 3.24 Å². The fourth-order valence-electron chi connectivity index (χ4n) is 2.57. The first-order chi connectivity index (χ1) is 6.09. The third-order valence-corrected chi connectivity index (χ3v) is 4.39. The quantitative estimate of drug-likeness (QED) is 0.601. The van der Waals surface area contributed by atoms with Gasteiger partial charge in [-0.1, -0.05) is 27.2 Å². The van der Waals surface area contributed by atoms with E-state index in [1.807, 2.05) is 0 Å². The zero-order valence-electron chi connectivity index (χ0n) is 9.34. The predicted octanol–water partition coefficient (Wildman–Crippen LogP) is 2.91. The van der Waals surface area contributed by atoms with E-state index in [4.69, 9.17) is 0 Å². The number of nitrogens with zero attached hydrogens (tertiary/aromatic N) is 1. The Morgan fingerprint density at radius 2 is 1.85 bits per heavy atom. The van der Waals surface area contributed by atoms with Gasteiger partial charge in [0.15, 0.2) is 0 Å². The smallest absolute Gasteiger partial charge is 0.00955 e. The van der Waals surface area contributed by atoms with E-state index in [2.05, 4.69) is 25.7 Å². The van der Waals surface area contributed by atoms with Crippen LogP contribution < -0.4 is 0 Å². The summed E-state index contributed by atoms with van der Waals surface area (Å²) >= 11 is 0. The molecule has 0 amide bonds. The molecular formula is C12H23N. The SMILES string of the molecule is C[C@@H]1CCN(C2CCC2)CC1(C)C. The summed E-state index contributed by atoms with van der Waals surface area (Å²) in [6, 6.07) is 0.951. The van der Waals surface area contributed by atoms with Crippen molar-refractivity contribution >= 4 is 0 Å². The van der Waals surface area contributed by atoms with Gasteiger partial charge in [-0.2, -0.15) is 0 Å². The standard InChI is InChI=1S/C12H23N/c1-10-7-8-13(9-12(10,2)3)11-5-4-6-11/h10-11H,4-9H2,1-3H3/t10-/m1/s1. The van der Waals surface area contributed by atoms with Crippen LogP contribution in [0, 0.1) is 11.3 Å². The van der Waals surface area contributed by atoms with Gasteiger partial charge in [0.1, 0.15) is 0 Å². The van der Waals surface area contributed by atoms with Crippen LogP contribution in [0.2, 0.25) is 0 Å². The van der Waals surface area contributed by atoms with Crippen LogP contribution >= 0.6 is 0 Å². The van der Waals surface area contributed by atoms with Crippen LogP contribution in [0.1, 0.15) is 46.5 Å². The first kappa shape index (κ1) is 9.51. The zero-order valence-corrected chi connectivity index (χ0v) is 9.34. The molecule has 0 N–H and O–H groups in total. The Balaban J connectivity index is 1.94. The molecule has 1 saturated carbocycles. The monoisotopic (exact) mass is 181 g/mol. The third kappa shape index (κ3) is 1.76. The van der Waals surface area contributed by atoms with E-state index in [0.717, 1.165) is 12.0 Å². The van der Waals surface area contributed by atoms with Gasteiger partial charge in [0.25, 0.3) is 0 Å². The second kappa shape index (κ2) is 3.27. The maximum Gasteiger partial charge on any atom is 0.00955 e. The van der Waals surface area contributed by atoms with Gasteiger partial charge < -0.3 is 0 Å². The molecule has 0 aromatic rings. The van der Waals surface area contributed by atoms with Gasteiger partial charge in [-0.15, -0.1) is 0 Å². The van der Waals surface area contributed by atoms with Crippen molar-refractivity contribution in [3.05, 3.63) is 0 Å². The highest BCUT2D eigenvalue weighted by Crippen LogP contribution is 2.38. The number of hydrogen-bond donors (Lipinski definition) is 0. The molecule has 0 bridgehead atoms. The molecule has 1 atom stereocenters. The van der Waals surface area contributed by atoms with Gasteiger partial charge in [-0.3, -0.25) is 4.90 Å². The van der Waals surface area contributed by atoms with Crippen LogP contribution in [0.4, 0.5) is 0 Å². The lowest BCUT2D eigenvalue weighted by molar-refractivity contribution is 0.0113. The molecule has 0 unspecified atom stereocenters. The van der Waals surface area contributed by atoms with Gasteiger partial charge in [0.2, 0.25) is 0 Å². The Bertz CT molecular complexity index is 182. The Hall–Kier alpha value is -0.0400. The highest BCUT2D eigenvalue weighted by Gasteiger charge is 2.36. The highest BCUT2D eigenvalue weighted by atomic mass is 15.2. The minimum Gasteiger partial charge on any atom is -0.300 e. The average molecular weight is 181 g/mol. The normalized spacial score (nSPS) is 35.8. The van der Waals surface area contributed by atoms with Crippen LogP contribution in [0.25, 0.3) is 0 Å². The van der Waals surface area contributed by atoms with Crippen molar-refractivity contribution in [2.45, 2.75) is 52.5 Å². The van der Waals surface area contributed by atoms with Crippen molar-refractivity contribution < 1.29 is 0 Å². The molecule has 76 valence electrons. The number of likely N-dealkylation sites (tertiary alicyclic amines) is 1. The Kier molecular flexibility index (Phi) is 2.39. The summed E-state index contributed by atoms with van der Waals surface area (Å²) in [6.45, 7) is 9.97. The predicted molar refractivity (Wildman–Crippen MR) is 56.8 cm³/mol. The Labute approximate surface area is 82.5 Å². The lowest BCUT2D eigenvalue weighted by Gasteiger charge is -2.48. The second-order valence-electron chi connectivity index (χ2n) is 5.73. The Morgan fingerprint density at radius 1 is 1.15 bits per heavy atom. The minimum absolute atomic E-state index is 0.549. The molecular weight excluding hydrogens is 158 g/mol. The molecule has 0 spiro atoms. The molecule has 13 heavy (non-hydrogen) atoms. The van der Waals surface area contributed by atoms with E-state index in [1.54, 1.807) is 0 Å². The van der Waals surface area contributed by atoms with E-state index < -0.39 is 0 Å². The van der Waals surface area contributed by atoms with Gasteiger partial charge in [-0.05, 0) is 37.1 Å². The molecule has 1 nitrogen and oxygen atoms in total. The van der Waals surface area contributed by atoms with E-state index in [0.29, 0.717) is 5.41 Å². The number of rotatable bonds is 1. The van der Waals surface area contributed by atoms with E-state index in [-0.39, 0.29) is 0 Å². The van der Waals surface area contributed by atoms with E-state index >= 15 is 0 Å². The summed E-state index contributed by atoms with van der Waals surface area (Å²) in [7, 11) is 0. The number of hydrogen-bond acceptors (Lipinski definition) is 1. The fraction of sp³-hybridized carbons (Fsp3) is 1.00. The van der Waals surface area contributed by atoms with Gasteiger partial charge in [0.05, 0.1) is 0 Å². The Morgan fingerprint density at radius 3 is 2.31 bits per heavy atom. The van der Waals surface area contributed by atoms with Gasteiger partial charge in [0, 0.05) is 12.6 Å². The maximum absolute atomic E-state index is 2.74. The van der Waals surface area contributed by atoms with Crippen LogP contribution in [-0.4, -0.2) is 24.0 Å². The van der Waals surface area contributed by atoms with Crippen molar-refractivity contribution in [3.8, 4) is 0 Å². The second-order valence-corrected chi connectivity index (χ2v) is 5.73. The summed E-state index contributed by atoms with van der Waals surface area (Å²) in [5.74, 6) is 0.906. The molecule has 1 heterocycles. The first-order valence-corrected chi connectivity index (χ1v) is 5.83. The molecule has 1 aliphatic carbocycles. The van der Waals surface area contributed by atoms with Crippen molar-refractivity contribution in [2.75, 3.05) is 13.1 Å².